The molecule has 2 N–H and O–H groups in total. The second kappa shape index (κ2) is 5.97. The Balaban J connectivity index is 0.00000180. The second-order valence-electron chi connectivity index (χ2n) is 5.76. The first-order chi connectivity index (χ1) is 8.35. The third-order valence-electron chi connectivity index (χ3n) is 4.24. The lowest BCUT2D eigenvalue weighted by Crippen LogP contribution is -2.60. The number of halogens is 1. The highest BCUT2D eigenvalue weighted by Crippen LogP contribution is 2.31. The molecule has 2 rings (SSSR count). The second-order valence-corrected chi connectivity index (χ2v) is 8.09. The average molecular weight is 311 g/mol. The highest BCUT2D eigenvalue weighted by atomic mass is 35.5. The number of nitrogens with one attached hydrogen (secondary N) is 2. The number of hydrogen-bond acceptors (Lipinski definition) is 4. The van der Waals surface area contributed by atoms with Gasteiger partial charge in [0.25, 0.3) is 0 Å². The first-order valence-electron chi connectivity index (χ1n) is 6.56. The van der Waals surface area contributed by atoms with Gasteiger partial charge in [0, 0.05) is 12.3 Å². The molecule has 1 aliphatic heterocycles. The molecule has 1 amide bonds. The van der Waals surface area contributed by atoms with Gasteiger partial charge in [-0.15, -0.1) is 12.4 Å². The molecule has 2 aliphatic rings. The maximum atomic E-state index is 12.4. The van der Waals surface area contributed by atoms with E-state index in [2.05, 4.69) is 17.6 Å². The summed E-state index contributed by atoms with van der Waals surface area (Å²) in [5.74, 6) is 0.348. The predicted molar refractivity (Wildman–Crippen MR) is 77.3 cm³/mol. The molecule has 1 heterocycles. The highest BCUT2D eigenvalue weighted by molar-refractivity contribution is 7.92. The van der Waals surface area contributed by atoms with E-state index in [9.17, 15) is 13.2 Å². The summed E-state index contributed by atoms with van der Waals surface area (Å²) in [5, 5.41) is 6.03. The lowest BCUT2D eigenvalue weighted by molar-refractivity contribution is -0.125. The fourth-order valence-corrected chi connectivity index (χ4v) is 4.28. The van der Waals surface area contributed by atoms with Gasteiger partial charge in [0.15, 0.2) is 14.6 Å². The molecule has 1 saturated carbocycles. The number of piperidine rings is 1. The van der Waals surface area contributed by atoms with E-state index in [1.165, 1.54) is 6.26 Å². The third-order valence-corrected chi connectivity index (χ3v) is 6.26. The fraction of sp³-hybridized carbons (Fsp3) is 0.917. The van der Waals surface area contributed by atoms with Crippen LogP contribution in [0.15, 0.2) is 0 Å². The monoisotopic (exact) mass is 310 g/mol. The third kappa shape index (κ3) is 3.23. The molecule has 0 aromatic carbocycles. The molecule has 0 bridgehead atoms. The van der Waals surface area contributed by atoms with Crippen LogP contribution in [0.1, 0.15) is 32.6 Å². The van der Waals surface area contributed by atoms with Crippen LogP contribution in [0.3, 0.4) is 0 Å². The topological polar surface area (TPSA) is 75.3 Å². The number of sulfone groups is 1. The van der Waals surface area contributed by atoms with E-state index < -0.39 is 14.6 Å². The van der Waals surface area contributed by atoms with Gasteiger partial charge in [-0.3, -0.25) is 4.79 Å². The quantitative estimate of drug-likeness (QED) is 0.795. The van der Waals surface area contributed by atoms with Gasteiger partial charge < -0.3 is 10.6 Å². The van der Waals surface area contributed by atoms with Crippen LogP contribution in [0.2, 0.25) is 0 Å². The Hall–Kier alpha value is -0.330. The normalized spacial score (nSPS) is 29.8. The van der Waals surface area contributed by atoms with Crippen molar-refractivity contribution in [2.75, 3.05) is 19.3 Å². The maximum absolute atomic E-state index is 12.4. The van der Waals surface area contributed by atoms with Gasteiger partial charge in [0.2, 0.25) is 5.91 Å². The van der Waals surface area contributed by atoms with Gasteiger partial charge in [0.05, 0.1) is 0 Å². The molecule has 0 atom stereocenters. The van der Waals surface area contributed by atoms with Crippen LogP contribution < -0.4 is 10.6 Å². The molecule has 19 heavy (non-hydrogen) atoms. The maximum Gasteiger partial charge on any atom is 0.241 e. The van der Waals surface area contributed by atoms with E-state index in [0.29, 0.717) is 31.8 Å². The number of amides is 1. The molecule has 0 unspecified atom stereocenters. The fourth-order valence-electron chi connectivity index (χ4n) is 2.93. The minimum atomic E-state index is -3.38. The van der Waals surface area contributed by atoms with E-state index >= 15 is 0 Å². The van der Waals surface area contributed by atoms with Gasteiger partial charge in [-0.05, 0) is 44.7 Å². The van der Waals surface area contributed by atoms with Crippen molar-refractivity contribution < 1.29 is 13.2 Å². The van der Waals surface area contributed by atoms with Crippen molar-refractivity contribution in [2.45, 2.75) is 43.4 Å². The molecular weight excluding hydrogens is 288 g/mol. The molecule has 0 aromatic heterocycles. The molecule has 2 fully saturated rings. The highest BCUT2D eigenvalue weighted by Gasteiger charge is 2.49. The van der Waals surface area contributed by atoms with Crippen molar-refractivity contribution in [3.8, 4) is 0 Å². The molecule has 7 heteroatoms. The summed E-state index contributed by atoms with van der Waals surface area (Å²) in [6, 6.07) is 0.168. The molecule has 112 valence electrons. The largest absolute Gasteiger partial charge is 0.352 e. The smallest absolute Gasteiger partial charge is 0.241 e. The van der Waals surface area contributed by atoms with Crippen molar-refractivity contribution in [1.29, 1.82) is 0 Å². The Bertz CT molecular complexity index is 426. The van der Waals surface area contributed by atoms with Crippen LogP contribution in [-0.4, -0.2) is 44.5 Å². The first-order valence-corrected chi connectivity index (χ1v) is 8.45. The summed E-state index contributed by atoms with van der Waals surface area (Å²) in [4.78, 5) is 12.4. The molecule has 1 saturated heterocycles. The Morgan fingerprint density at radius 1 is 1.26 bits per heavy atom. The molecule has 0 aromatic rings. The van der Waals surface area contributed by atoms with Crippen molar-refractivity contribution in [3.05, 3.63) is 0 Å². The van der Waals surface area contributed by atoms with Gasteiger partial charge in [-0.25, -0.2) is 8.42 Å². The Morgan fingerprint density at radius 2 is 1.79 bits per heavy atom. The van der Waals surface area contributed by atoms with Gasteiger partial charge in [-0.2, -0.15) is 0 Å². The van der Waals surface area contributed by atoms with Crippen LogP contribution in [0, 0.1) is 5.92 Å². The summed E-state index contributed by atoms with van der Waals surface area (Å²) in [5.41, 5.74) is 0. The number of rotatable bonds is 3. The van der Waals surface area contributed by atoms with Crippen LogP contribution in [0.5, 0.6) is 0 Å². The van der Waals surface area contributed by atoms with E-state index in [4.69, 9.17) is 0 Å². The van der Waals surface area contributed by atoms with E-state index in [1.54, 1.807) is 0 Å². The van der Waals surface area contributed by atoms with Crippen LogP contribution in [0.25, 0.3) is 0 Å². The number of carbonyl (C=O) groups excluding carboxylic acids is 1. The summed E-state index contributed by atoms with van der Waals surface area (Å²) in [7, 11) is -3.38. The molecule has 5 nitrogen and oxygen atoms in total. The molecular formula is C12H23ClN2O3S. The summed E-state index contributed by atoms with van der Waals surface area (Å²) >= 11 is 0. The minimum Gasteiger partial charge on any atom is -0.352 e. The SMILES string of the molecule is CC1CC(NC(=O)C2(S(C)(=O)=O)CCNCC2)C1.Cl. The van der Waals surface area contributed by atoms with Crippen LogP contribution >= 0.6 is 12.4 Å². The van der Waals surface area contributed by atoms with E-state index in [1.807, 2.05) is 0 Å². The lowest BCUT2D eigenvalue weighted by Gasteiger charge is -2.39. The molecule has 0 spiro atoms. The van der Waals surface area contributed by atoms with Crippen molar-refractivity contribution in [1.82, 2.24) is 10.6 Å². The Morgan fingerprint density at radius 3 is 2.21 bits per heavy atom. The average Bonchev–Trinajstić information content (AvgIpc) is 2.26. The van der Waals surface area contributed by atoms with Crippen molar-refractivity contribution in [3.63, 3.8) is 0 Å². The van der Waals surface area contributed by atoms with E-state index in [0.717, 1.165) is 12.8 Å². The van der Waals surface area contributed by atoms with Gasteiger partial charge in [-0.1, -0.05) is 6.92 Å². The zero-order valence-electron chi connectivity index (χ0n) is 11.4. The molecule has 1 aliphatic carbocycles. The summed E-state index contributed by atoms with van der Waals surface area (Å²) in [6.45, 7) is 3.31. The van der Waals surface area contributed by atoms with Crippen LogP contribution in [-0.2, 0) is 14.6 Å². The number of carbonyl (C=O) groups is 1. The lowest BCUT2D eigenvalue weighted by atomic mass is 9.81. The summed E-state index contributed by atoms with van der Waals surface area (Å²) < 4.78 is 22.8. The minimum absolute atomic E-state index is 0. The Kier molecular flexibility index (Phi) is 5.26. The first kappa shape index (κ1) is 16.7. The Labute approximate surface area is 121 Å². The summed E-state index contributed by atoms with van der Waals surface area (Å²) in [6.07, 6.45) is 3.86. The predicted octanol–water partition coefficient (Wildman–Crippen LogP) is 0.490. The van der Waals surface area contributed by atoms with Gasteiger partial charge in [0.1, 0.15) is 0 Å². The van der Waals surface area contributed by atoms with Crippen molar-refractivity contribution in [2.24, 2.45) is 5.92 Å². The van der Waals surface area contributed by atoms with E-state index in [-0.39, 0.29) is 24.4 Å². The van der Waals surface area contributed by atoms with Crippen molar-refractivity contribution >= 4 is 28.2 Å². The van der Waals surface area contributed by atoms with Crippen LogP contribution in [0.4, 0.5) is 0 Å². The zero-order chi connectivity index (χ0) is 13.4. The molecule has 0 radical (unpaired) electrons. The standard InChI is InChI=1S/C12H22N2O3S.ClH/c1-9-7-10(8-9)14-11(15)12(18(2,16)17)3-5-13-6-4-12;/h9-10,13H,3-8H2,1-2H3,(H,14,15);1H. The zero-order valence-corrected chi connectivity index (χ0v) is 13.1. The van der Waals surface area contributed by atoms with Gasteiger partial charge >= 0.3 is 0 Å². The number of hydrogen-bond donors (Lipinski definition) is 2.